The Hall–Kier alpha value is -2.47. The summed E-state index contributed by atoms with van der Waals surface area (Å²) >= 11 is 1.53. The van der Waals surface area contributed by atoms with Crippen molar-refractivity contribution >= 4 is 33.3 Å². The second kappa shape index (κ2) is 6.11. The molecular formula is C16H15N3O2S. The van der Waals surface area contributed by atoms with E-state index < -0.39 is 12.0 Å². The molecule has 112 valence electrons. The highest BCUT2D eigenvalue weighted by atomic mass is 32.1. The van der Waals surface area contributed by atoms with E-state index in [1.54, 1.807) is 0 Å². The molecule has 0 spiro atoms. The average molecular weight is 313 g/mol. The Morgan fingerprint density at radius 2 is 2.09 bits per heavy atom. The molecule has 1 atom stereocenters. The lowest BCUT2D eigenvalue weighted by Crippen LogP contribution is -2.28. The van der Waals surface area contributed by atoms with Gasteiger partial charge in [-0.3, -0.25) is 0 Å². The molecule has 1 aromatic carbocycles. The lowest BCUT2D eigenvalue weighted by Gasteiger charge is -2.14. The zero-order chi connectivity index (χ0) is 15.5. The van der Waals surface area contributed by atoms with E-state index in [0.717, 1.165) is 21.3 Å². The van der Waals surface area contributed by atoms with Crippen molar-refractivity contribution in [3.05, 3.63) is 42.0 Å². The van der Waals surface area contributed by atoms with Crippen LogP contribution < -0.4 is 5.32 Å². The fraction of sp³-hybridized carbons (Fsp3) is 0.188. The largest absolute Gasteiger partial charge is 0.480 e. The van der Waals surface area contributed by atoms with Crippen LogP contribution in [0, 0.1) is 0 Å². The maximum absolute atomic E-state index is 11.3. The van der Waals surface area contributed by atoms with E-state index in [9.17, 15) is 9.90 Å². The predicted molar refractivity (Wildman–Crippen MR) is 88.2 cm³/mol. The van der Waals surface area contributed by atoms with Crippen molar-refractivity contribution in [2.75, 3.05) is 5.32 Å². The number of hydrogen-bond donors (Lipinski definition) is 2. The van der Waals surface area contributed by atoms with Crippen molar-refractivity contribution in [1.29, 1.82) is 0 Å². The summed E-state index contributed by atoms with van der Waals surface area (Å²) in [5.41, 5.74) is 2.08. The molecule has 6 heteroatoms. The van der Waals surface area contributed by atoms with Crippen molar-refractivity contribution in [2.24, 2.45) is 0 Å². The summed E-state index contributed by atoms with van der Waals surface area (Å²) < 4.78 is 0. The van der Waals surface area contributed by atoms with Crippen molar-refractivity contribution in [1.82, 2.24) is 9.97 Å². The van der Waals surface area contributed by atoms with Gasteiger partial charge in [-0.05, 0) is 12.0 Å². The number of anilines is 1. The van der Waals surface area contributed by atoms with Gasteiger partial charge in [-0.15, -0.1) is 11.3 Å². The first-order valence-corrected chi connectivity index (χ1v) is 7.85. The van der Waals surface area contributed by atoms with Crippen LogP contribution in [0.15, 0.2) is 42.0 Å². The maximum Gasteiger partial charge on any atom is 0.326 e. The van der Waals surface area contributed by atoms with E-state index in [1.807, 2.05) is 42.6 Å². The van der Waals surface area contributed by atoms with E-state index in [2.05, 4.69) is 15.3 Å². The number of aromatic nitrogens is 2. The minimum Gasteiger partial charge on any atom is -0.480 e. The predicted octanol–water partition coefficient (Wildman–Crippen LogP) is 3.63. The average Bonchev–Trinajstić information content (AvgIpc) is 2.98. The molecule has 3 aromatic rings. The summed E-state index contributed by atoms with van der Waals surface area (Å²) in [6, 6.07) is 9.29. The Labute approximate surface area is 131 Å². The quantitative estimate of drug-likeness (QED) is 0.752. The van der Waals surface area contributed by atoms with Crippen LogP contribution in [0.5, 0.6) is 0 Å². The maximum atomic E-state index is 11.3. The lowest BCUT2D eigenvalue weighted by atomic mass is 10.1. The van der Waals surface area contributed by atoms with Gasteiger partial charge >= 0.3 is 5.97 Å². The van der Waals surface area contributed by atoms with Crippen molar-refractivity contribution < 1.29 is 9.90 Å². The van der Waals surface area contributed by atoms with Gasteiger partial charge in [-0.25, -0.2) is 14.8 Å². The summed E-state index contributed by atoms with van der Waals surface area (Å²) in [7, 11) is 0. The molecule has 3 rings (SSSR count). The van der Waals surface area contributed by atoms with Gasteiger partial charge in [-0.1, -0.05) is 37.3 Å². The zero-order valence-corrected chi connectivity index (χ0v) is 12.8. The minimum atomic E-state index is -0.884. The first-order valence-electron chi connectivity index (χ1n) is 6.97. The Bertz CT molecular complexity index is 802. The van der Waals surface area contributed by atoms with Crippen LogP contribution in [0.3, 0.4) is 0 Å². The topological polar surface area (TPSA) is 75.1 Å². The van der Waals surface area contributed by atoms with Gasteiger partial charge in [0.15, 0.2) is 0 Å². The summed E-state index contributed by atoms with van der Waals surface area (Å²) in [4.78, 5) is 20.6. The summed E-state index contributed by atoms with van der Waals surface area (Å²) in [6.45, 7) is 1.83. The highest BCUT2D eigenvalue weighted by Crippen LogP contribution is 2.36. The van der Waals surface area contributed by atoms with Gasteiger partial charge in [0.1, 0.15) is 23.0 Å². The molecule has 0 saturated carbocycles. The van der Waals surface area contributed by atoms with Crippen LogP contribution in [0.4, 0.5) is 5.82 Å². The molecule has 5 nitrogen and oxygen atoms in total. The second-order valence-electron chi connectivity index (χ2n) is 4.86. The fourth-order valence-corrected chi connectivity index (χ4v) is 3.23. The number of hydrogen-bond acceptors (Lipinski definition) is 5. The lowest BCUT2D eigenvalue weighted by molar-refractivity contribution is -0.137. The molecule has 0 aliphatic rings. The van der Waals surface area contributed by atoms with Gasteiger partial charge in [-0.2, -0.15) is 0 Å². The molecule has 2 N–H and O–H groups in total. The van der Waals surface area contributed by atoms with Crippen LogP contribution in [0.1, 0.15) is 13.3 Å². The smallest absolute Gasteiger partial charge is 0.326 e. The molecule has 1 unspecified atom stereocenters. The van der Waals surface area contributed by atoms with E-state index in [4.69, 9.17) is 0 Å². The summed E-state index contributed by atoms with van der Waals surface area (Å²) in [5.74, 6) is -0.315. The molecule has 2 heterocycles. The second-order valence-corrected chi connectivity index (χ2v) is 5.72. The zero-order valence-electron chi connectivity index (χ0n) is 12.0. The van der Waals surface area contributed by atoms with E-state index in [-0.39, 0.29) is 0 Å². The summed E-state index contributed by atoms with van der Waals surface area (Å²) in [5, 5.41) is 15.2. The van der Waals surface area contributed by atoms with Crippen LogP contribution in [-0.4, -0.2) is 27.1 Å². The Morgan fingerprint density at radius 3 is 2.77 bits per heavy atom. The van der Waals surface area contributed by atoms with Gasteiger partial charge in [0.05, 0.1) is 5.39 Å². The molecule has 0 fully saturated rings. The first kappa shape index (κ1) is 14.5. The number of benzene rings is 1. The van der Waals surface area contributed by atoms with Gasteiger partial charge in [0.25, 0.3) is 0 Å². The number of carboxylic acid groups (broad SMARTS) is 1. The van der Waals surface area contributed by atoms with Gasteiger partial charge in [0, 0.05) is 10.9 Å². The molecule has 0 aliphatic carbocycles. The number of aliphatic carboxylic acids is 1. The van der Waals surface area contributed by atoms with Crippen molar-refractivity contribution in [2.45, 2.75) is 19.4 Å². The van der Waals surface area contributed by atoms with Crippen molar-refractivity contribution in [3.8, 4) is 11.1 Å². The molecule has 0 amide bonds. The van der Waals surface area contributed by atoms with Gasteiger partial charge in [0.2, 0.25) is 0 Å². The Morgan fingerprint density at radius 1 is 1.32 bits per heavy atom. The normalized spacial score (nSPS) is 12.2. The highest BCUT2D eigenvalue weighted by molar-refractivity contribution is 7.17. The number of carbonyl (C=O) groups is 1. The fourth-order valence-electron chi connectivity index (χ4n) is 2.32. The summed E-state index contributed by atoms with van der Waals surface area (Å²) in [6.07, 6.45) is 1.94. The highest BCUT2D eigenvalue weighted by Gasteiger charge is 2.19. The van der Waals surface area contributed by atoms with Crippen LogP contribution >= 0.6 is 11.3 Å². The number of fused-ring (bicyclic) bond motifs is 1. The first-order chi connectivity index (χ1) is 10.7. The van der Waals surface area contributed by atoms with E-state index in [0.29, 0.717) is 12.2 Å². The number of carboxylic acids is 1. The monoisotopic (exact) mass is 313 g/mol. The molecule has 0 radical (unpaired) electrons. The third-order valence-corrected chi connectivity index (χ3v) is 4.36. The van der Waals surface area contributed by atoms with Crippen molar-refractivity contribution in [3.63, 3.8) is 0 Å². The number of nitrogens with zero attached hydrogens (tertiary/aromatic N) is 2. The minimum absolute atomic E-state index is 0.478. The van der Waals surface area contributed by atoms with Gasteiger partial charge < -0.3 is 10.4 Å². The SMILES string of the molecule is CCC(Nc1ncnc2scc(-c3ccccc3)c12)C(=O)O. The van der Waals surface area contributed by atoms with Crippen LogP contribution in [-0.2, 0) is 4.79 Å². The molecule has 0 aliphatic heterocycles. The number of nitrogens with one attached hydrogen (secondary N) is 1. The Kier molecular flexibility index (Phi) is 4.02. The van der Waals surface area contributed by atoms with Crippen LogP contribution in [0.25, 0.3) is 21.3 Å². The molecule has 2 aromatic heterocycles. The number of rotatable bonds is 5. The van der Waals surface area contributed by atoms with E-state index >= 15 is 0 Å². The third kappa shape index (κ3) is 2.65. The third-order valence-electron chi connectivity index (χ3n) is 3.47. The van der Waals surface area contributed by atoms with Crippen LogP contribution in [0.2, 0.25) is 0 Å². The molecule has 0 saturated heterocycles. The molecular weight excluding hydrogens is 298 g/mol. The standard InChI is InChI=1S/C16H15N3O2S/c1-2-12(16(20)21)19-14-13-11(10-6-4-3-5-7-10)8-22-15(13)18-9-17-14/h3-9,12H,2H2,1H3,(H,20,21)(H,17,18,19). The van der Waals surface area contributed by atoms with E-state index in [1.165, 1.54) is 17.7 Å². The molecule has 22 heavy (non-hydrogen) atoms. The number of thiophene rings is 1. The Balaban J connectivity index is 2.11. The molecule has 0 bridgehead atoms.